The predicted octanol–water partition coefficient (Wildman–Crippen LogP) is 4.64. The smallest absolute Gasteiger partial charge is 0.404 e. The van der Waals surface area contributed by atoms with Crippen molar-refractivity contribution in [1.29, 1.82) is 0 Å². The summed E-state index contributed by atoms with van der Waals surface area (Å²) in [5, 5.41) is 0. The Labute approximate surface area is 210 Å². The lowest BCUT2D eigenvalue weighted by Crippen LogP contribution is -2.89. The number of hydrogen-bond donors (Lipinski definition) is 0. The van der Waals surface area contributed by atoms with Crippen LogP contribution in [0.2, 0.25) is 0 Å². The minimum atomic E-state index is -3.46. The van der Waals surface area contributed by atoms with Gasteiger partial charge in [-0.15, -0.1) is 0 Å². The summed E-state index contributed by atoms with van der Waals surface area (Å²) in [7, 11) is -0.443. The van der Waals surface area contributed by atoms with Crippen LogP contribution in [0.4, 0.5) is 0 Å². The molecule has 0 aromatic rings. The average Bonchev–Trinajstić information content (AvgIpc) is 2.88. The van der Waals surface area contributed by atoms with Gasteiger partial charge in [0.25, 0.3) is 0 Å². The van der Waals surface area contributed by atoms with Gasteiger partial charge in [-0.05, 0) is 32.1 Å². The van der Waals surface area contributed by atoms with E-state index in [1.165, 1.54) is 44.9 Å². The fourth-order valence-electron chi connectivity index (χ4n) is 5.78. The summed E-state index contributed by atoms with van der Waals surface area (Å²) in [6, 6.07) is 0. The zero-order chi connectivity index (χ0) is 24.9. The Balaban J connectivity index is 2.57. The van der Waals surface area contributed by atoms with Crippen molar-refractivity contribution in [2.75, 3.05) is 49.3 Å². The van der Waals surface area contributed by atoms with Crippen LogP contribution in [0.15, 0.2) is 0 Å². The first kappa shape index (κ1) is 30.6. The van der Waals surface area contributed by atoms with Gasteiger partial charge >= 0.3 is 24.0 Å². The van der Waals surface area contributed by atoms with Crippen LogP contribution in [-0.4, -0.2) is 85.1 Å². The maximum Gasteiger partial charge on any atom is 0.511 e. The van der Waals surface area contributed by atoms with E-state index in [9.17, 15) is 0 Å². The summed E-state index contributed by atoms with van der Waals surface area (Å²) in [6.45, 7) is 0.663. The summed E-state index contributed by atoms with van der Waals surface area (Å²) >= 11 is 0. The van der Waals surface area contributed by atoms with Gasteiger partial charge < -0.3 is 35.7 Å². The van der Waals surface area contributed by atoms with Crippen molar-refractivity contribution in [2.45, 2.75) is 102 Å². The van der Waals surface area contributed by atoms with E-state index >= 15 is 0 Å². The summed E-state index contributed by atoms with van der Waals surface area (Å²) < 4.78 is 51.0. The molecular weight excluding hydrogens is 489 g/mol. The average molecular weight is 539 g/mol. The van der Waals surface area contributed by atoms with E-state index in [1.54, 1.807) is 42.7 Å². The van der Waals surface area contributed by atoms with E-state index in [4.69, 9.17) is 35.7 Å². The Hall–Kier alpha value is 0.331. The highest BCUT2D eigenvalue weighted by Crippen LogP contribution is 2.41. The van der Waals surface area contributed by atoms with Gasteiger partial charge in [-0.3, -0.25) is 0 Å². The van der Waals surface area contributed by atoms with E-state index in [1.807, 2.05) is 0 Å². The van der Waals surface area contributed by atoms with Crippen LogP contribution in [0.1, 0.15) is 89.9 Å². The third-order valence-corrected chi connectivity index (χ3v) is 32.0. The van der Waals surface area contributed by atoms with E-state index in [0.29, 0.717) is 6.61 Å². The summed E-state index contributed by atoms with van der Waals surface area (Å²) in [5.74, 6) is 0. The molecule has 34 heavy (non-hydrogen) atoms. The van der Waals surface area contributed by atoms with Gasteiger partial charge in [0.05, 0.1) is 5.73 Å². The monoisotopic (exact) mass is 538 g/mol. The zero-order valence-electron chi connectivity index (χ0n) is 22.5. The van der Waals surface area contributed by atoms with Crippen LogP contribution in [0, 0.1) is 0 Å². The molecule has 1 aliphatic heterocycles. The van der Waals surface area contributed by atoms with E-state index < -0.39 is 24.0 Å². The Morgan fingerprint density at radius 3 is 1.24 bits per heavy atom. The standard InChI is InChI=1S/C23H50O8Si3/c1-24-33(25-2,26-3)32(23-20-16-17-21-30-23,34(27-4,28-5)29-6)31-22-18-14-12-10-8-7-9-11-13-15-19-22/h22-23H,7-21H2,1-6H3. The summed E-state index contributed by atoms with van der Waals surface area (Å²) in [4.78, 5) is 0. The van der Waals surface area contributed by atoms with Crippen molar-refractivity contribution < 1.29 is 35.7 Å². The van der Waals surface area contributed by atoms with Crippen molar-refractivity contribution in [3.05, 3.63) is 0 Å². The Bertz CT molecular complexity index is 494. The van der Waals surface area contributed by atoms with E-state index in [0.717, 1.165) is 44.9 Å². The van der Waals surface area contributed by atoms with E-state index in [2.05, 4.69) is 0 Å². The third kappa shape index (κ3) is 6.60. The molecule has 2 aliphatic rings. The van der Waals surface area contributed by atoms with Crippen LogP contribution < -0.4 is 0 Å². The van der Waals surface area contributed by atoms with Crippen molar-refractivity contribution in [2.24, 2.45) is 0 Å². The molecule has 11 heteroatoms. The van der Waals surface area contributed by atoms with Crippen LogP contribution in [0.3, 0.4) is 0 Å². The first-order valence-electron chi connectivity index (χ1n) is 13.2. The molecule has 1 aliphatic carbocycles. The van der Waals surface area contributed by atoms with Crippen LogP contribution >= 0.6 is 0 Å². The van der Waals surface area contributed by atoms with Crippen molar-refractivity contribution in [3.8, 4) is 0 Å². The second kappa shape index (κ2) is 15.6. The molecule has 0 bridgehead atoms. The summed E-state index contributed by atoms with van der Waals surface area (Å²) in [5.41, 5.74) is -0.249. The molecule has 0 aromatic carbocycles. The molecule has 1 atom stereocenters. The van der Waals surface area contributed by atoms with Crippen molar-refractivity contribution >= 4 is 24.0 Å². The SMILES string of the molecule is CO[Si](OC)(OC)[Si](OC1CCCCCCCCCCC1)(C1CCCCO1)[Si](OC)(OC)OC. The second-order valence-electron chi connectivity index (χ2n) is 9.43. The lowest BCUT2D eigenvalue weighted by Gasteiger charge is -2.51. The Morgan fingerprint density at radius 2 is 0.882 bits per heavy atom. The van der Waals surface area contributed by atoms with Gasteiger partial charge in [0.15, 0.2) is 0 Å². The molecule has 1 saturated carbocycles. The molecule has 0 N–H and O–H groups in total. The molecule has 2 fully saturated rings. The molecule has 0 aromatic heterocycles. The zero-order valence-corrected chi connectivity index (χ0v) is 25.5. The molecule has 1 unspecified atom stereocenters. The first-order valence-corrected chi connectivity index (χ1v) is 20.6. The first-order chi connectivity index (χ1) is 16.5. The van der Waals surface area contributed by atoms with Crippen LogP contribution in [-0.2, 0) is 35.7 Å². The number of rotatable bonds is 11. The van der Waals surface area contributed by atoms with Crippen molar-refractivity contribution in [1.82, 2.24) is 0 Å². The molecule has 0 amide bonds. The Morgan fingerprint density at radius 1 is 0.500 bits per heavy atom. The normalized spacial score (nSPS) is 23.3. The highest BCUT2D eigenvalue weighted by atomic mass is 29.7. The second-order valence-corrected chi connectivity index (χ2v) is 26.1. The molecule has 0 spiro atoms. The highest BCUT2D eigenvalue weighted by molar-refractivity contribution is 7.60. The number of ether oxygens (including phenoxy) is 1. The Kier molecular flexibility index (Phi) is 14.0. The van der Waals surface area contributed by atoms with Crippen LogP contribution in [0.5, 0.6) is 0 Å². The molecule has 0 radical (unpaired) electrons. The van der Waals surface area contributed by atoms with Gasteiger partial charge in [-0.25, -0.2) is 0 Å². The lowest BCUT2D eigenvalue weighted by molar-refractivity contribution is 0.0210. The fraction of sp³-hybridized carbons (Fsp3) is 1.00. The lowest BCUT2D eigenvalue weighted by atomic mass is 10.00. The van der Waals surface area contributed by atoms with Gasteiger partial charge in [-0.1, -0.05) is 57.8 Å². The molecule has 2 rings (SSSR count). The van der Waals surface area contributed by atoms with Gasteiger partial charge in [0.1, 0.15) is 0 Å². The molecule has 1 saturated heterocycles. The quantitative estimate of drug-likeness (QED) is 0.352. The van der Waals surface area contributed by atoms with Crippen molar-refractivity contribution in [3.63, 3.8) is 0 Å². The minimum Gasteiger partial charge on any atom is -0.404 e. The van der Waals surface area contributed by atoms with Gasteiger partial charge in [-0.2, -0.15) is 0 Å². The fourth-order valence-corrected chi connectivity index (χ4v) is 33.0. The number of hydrogen-bond acceptors (Lipinski definition) is 8. The maximum absolute atomic E-state index is 7.39. The summed E-state index contributed by atoms with van der Waals surface area (Å²) in [6.07, 6.45) is 16.3. The largest absolute Gasteiger partial charge is 0.511 e. The molecule has 1 heterocycles. The minimum absolute atomic E-state index is 0.0382. The van der Waals surface area contributed by atoms with Crippen LogP contribution in [0.25, 0.3) is 0 Å². The molecule has 8 nitrogen and oxygen atoms in total. The molecular formula is C23H50O8Si3. The maximum atomic E-state index is 7.39. The van der Waals surface area contributed by atoms with Gasteiger partial charge in [0, 0.05) is 55.4 Å². The highest BCUT2D eigenvalue weighted by Gasteiger charge is 2.85. The third-order valence-electron chi connectivity index (χ3n) is 7.56. The topological polar surface area (TPSA) is 73.8 Å². The van der Waals surface area contributed by atoms with Gasteiger partial charge in [0.2, 0.25) is 0 Å². The molecule has 202 valence electrons. The van der Waals surface area contributed by atoms with E-state index in [-0.39, 0.29) is 11.8 Å². The predicted molar refractivity (Wildman–Crippen MR) is 139 cm³/mol.